The number of nitrogens with zero attached hydrogens (tertiary/aromatic N) is 5. The van der Waals surface area contributed by atoms with Gasteiger partial charge in [-0.05, 0) is 37.6 Å². The third-order valence-electron chi connectivity index (χ3n) is 5.86. The van der Waals surface area contributed by atoms with Gasteiger partial charge in [-0.15, -0.1) is 10.2 Å². The van der Waals surface area contributed by atoms with Crippen molar-refractivity contribution in [2.45, 2.75) is 48.6 Å². The van der Waals surface area contributed by atoms with Crippen molar-refractivity contribution >= 4 is 35.0 Å². The minimum Gasteiger partial charge on any atom is -0.390 e. The normalized spacial score (nSPS) is 23.7. The first-order chi connectivity index (χ1) is 13.9. The van der Waals surface area contributed by atoms with Crippen molar-refractivity contribution in [2.75, 3.05) is 30.3 Å². The standard InChI is InChI=1S/C18H24ClN7O2S/c1-10-14(20)18(9-28-10)3-6-26(7-4-18)16-11(8-27)23-17(25-24-16)29-12-2-5-22-15(21)13(12)19/h2,5,10,14,27H,3-4,6-9,20H2,1H3,(H2,21,22)/t10-,14+/m0/s1. The molecular formula is C18H24ClN7O2S. The number of rotatable bonds is 4. The molecule has 156 valence electrons. The van der Waals surface area contributed by atoms with Crippen molar-refractivity contribution in [3.8, 4) is 0 Å². The van der Waals surface area contributed by atoms with Gasteiger partial charge in [0.1, 0.15) is 11.5 Å². The van der Waals surface area contributed by atoms with E-state index in [0.29, 0.717) is 33.2 Å². The van der Waals surface area contributed by atoms with Crippen molar-refractivity contribution in [2.24, 2.45) is 11.1 Å². The van der Waals surface area contributed by atoms with Crippen LogP contribution in [0.5, 0.6) is 0 Å². The summed E-state index contributed by atoms with van der Waals surface area (Å²) < 4.78 is 5.78. The van der Waals surface area contributed by atoms with E-state index in [-0.39, 0.29) is 30.0 Å². The maximum absolute atomic E-state index is 9.86. The lowest BCUT2D eigenvalue weighted by Crippen LogP contribution is -2.51. The van der Waals surface area contributed by atoms with E-state index in [1.54, 1.807) is 12.3 Å². The molecule has 0 radical (unpaired) electrons. The Hall–Kier alpha value is -1.72. The van der Waals surface area contributed by atoms with Crippen molar-refractivity contribution in [1.29, 1.82) is 0 Å². The molecule has 0 amide bonds. The SMILES string of the molecule is C[C@@H]1OCC2(CCN(c3nnc(Sc4ccnc(N)c4Cl)nc3CO)CC2)[C@@H]1N. The quantitative estimate of drug-likeness (QED) is 0.644. The molecule has 0 aromatic carbocycles. The van der Waals surface area contributed by atoms with Gasteiger partial charge in [0.25, 0.3) is 0 Å². The van der Waals surface area contributed by atoms with Gasteiger partial charge in [0.15, 0.2) is 5.82 Å². The molecule has 4 rings (SSSR count). The average molecular weight is 438 g/mol. The lowest BCUT2D eigenvalue weighted by atomic mass is 9.73. The van der Waals surface area contributed by atoms with Gasteiger partial charge in [0, 0.05) is 35.6 Å². The van der Waals surface area contributed by atoms with Gasteiger partial charge in [-0.2, -0.15) is 0 Å². The molecule has 2 fully saturated rings. The largest absolute Gasteiger partial charge is 0.390 e. The molecule has 9 nitrogen and oxygen atoms in total. The minimum absolute atomic E-state index is 0.0178. The Labute approximate surface area is 178 Å². The highest BCUT2D eigenvalue weighted by Crippen LogP contribution is 2.42. The molecule has 11 heteroatoms. The number of anilines is 2. The number of ether oxygens (including phenoxy) is 1. The van der Waals surface area contributed by atoms with Gasteiger partial charge in [0.2, 0.25) is 5.16 Å². The number of nitrogen functional groups attached to an aromatic ring is 1. The fourth-order valence-corrected chi connectivity index (χ4v) is 4.97. The Morgan fingerprint density at radius 2 is 2.14 bits per heavy atom. The van der Waals surface area contributed by atoms with E-state index in [1.807, 2.05) is 6.92 Å². The zero-order valence-corrected chi connectivity index (χ0v) is 17.7. The molecule has 29 heavy (non-hydrogen) atoms. The first-order valence-electron chi connectivity index (χ1n) is 9.48. The molecule has 0 aliphatic carbocycles. The van der Waals surface area contributed by atoms with Crippen LogP contribution in [0.2, 0.25) is 5.02 Å². The van der Waals surface area contributed by atoms with Crippen LogP contribution in [0.4, 0.5) is 11.6 Å². The highest BCUT2D eigenvalue weighted by atomic mass is 35.5. The molecule has 4 heterocycles. The zero-order valence-electron chi connectivity index (χ0n) is 16.1. The second-order valence-electron chi connectivity index (χ2n) is 7.52. The van der Waals surface area contributed by atoms with Crippen LogP contribution in [-0.4, -0.2) is 57.1 Å². The molecule has 1 spiro atoms. The molecule has 2 aliphatic heterocycles. The molecule has 5 N–H and O–H groups in total. The second-order valence-corrected chi connectivity index (χ2v) is 8.91. The summed E-state index contributed by atoms with van der Waals surface area (Å²) in [5.41, 5.74) is 12.6. The number of pyridine rings is 1. The Morgan fingerprint density at radius 1 is 1.38 bits per heavy atom. The smallest absolute Gasteiger partial charge is 0.214 e. The Kier molecular flexibility index (Phi) is 5.80. The number of aromatic nitrogens is 4. The Morgan fingerprint density at radius 3 is 2.79 bits per heavy atom. The third kappa shape index (κ3) is 3.87. The van der Waals surface area contributed by atoms with E-state index in [1.165, 1.54) is 11.8 Å². The van der Waals surface area contributed by atoms with Gasteiger partial charge in [-0.25, -0.2) is 9.97 Å². The van der Waals surface area contributed by atoms with Crippen molar-refractivity contribution < 1.29 is 9.84 Å². The number of aliphatic hydroxyl groups is 1. The summed E-state index contributed by atoms with van der Waals surface area (Å²) in [5, 5.41) is 19.2. The first-order valence-corrected chi connectivity index (χ1v) is 10.7. The number of hydrogen-bond acceptors (Lipinski definition) is 10. The fourth-order valence-electron chi connectivity index (χ4n) is 3.99. The highest BCUT2D eigenvalue weighted by molar-refractivity contribution is 7.99. The summed E-state index contributed by atoms with van der Waals surface area (Å²) in [6.45, 7) is 4.04. The Balaban J connectivity index is 1.50. The van der Waals surface area contributed by atoms with Gasteiger partial charge < -0.3 is 26.2 Å². The van der Waals surface area contributed by atoms with Crippen LogP contribution >= 0.6 is 23.4 Å². The van der Waals surface area contributed by atoms with E-state index in [0.717, 1.165) is 25.9 Å². The summed E-state index contributed by atoms with van der Waals surface area (Å²) >= 11 is 7.42. The van der Waals surface area contributed by atoms with Crippen molar-refractivity contribution in [1.82, 2.24) is 20.2 Å². The van der Waals surface area contributed by atoms with Crippen LogP contribution in [0.3, 0.4) is 0 Å². The molecule has 2 atom stereocenters. The van der Waals surface area contributed by atoms with E-state index in [9.17, 15) is 5.11 Å². The maximum atomic E-state index is 9.86. The summed E-state index contributed by atoms with van der Waals surface area (Å²) in [6, 6.07) is 1.78. The van der Waals surface area contributed by atoms with Gasteiger partial charge in [-0.1, -0.05) is 11.6 Å². The molecule has 2 aliphatic rings. The monoisotopic (exact) mass is 437 g/mol. The topological polar surface area (TPSA) is 136 Å². The lowest BCUT2D eigenvalue weighted by molar-refractivity contribution is 0.0973. The summed E-state index contributed by atoms with van der Waals surface area (Å²) in [6.07, 6.45) is 3.47. The molecule has 0 unspecified atom stereocenters. The zero-order chi connectivity index (χ0) is 20.6. The van der Waals surface area contributed by atoms with Crippen LogP contribution in [-0.2, 0) is 11.3 Å². The molecule has 0 bridgehead atoms. The predicted molar refractivity (Wildman–Crippen MR) is 111 cm³/mol. The highest BCUT2D eigenvalue weighted by Gasteiger charge is 2.47. The van der Waals surface area contributed by atoms with Crippen molar-refractivity contribution in [3.63, 3.8) is 0 Å². The van der Waals surface area contributed by atoms with Crippen LogP contribution in [0, 0.1) is 5.41 Å². The first kappa shape index (κ1) is 20.5. The molecule has 2 aromatic rings. The van der Waals surface area contributed by atoms with Gasteiger partial charge in [-0.3, -0.25) is 0 Å². The number of aliphatic hydroxyl groups excluding tert-OH is 1. The predicted octanol–water partition coefficient (Wildman–Crippen LogP) is 1.48. The summed E-state index contributed by atoms with van der Waals surface area (Å²) in [4.78, 5) is 11.2. The lowest BCUT2D eigenvalue weighted by Gasteiger charge is -2.41. The van der Waals surface area contributed by atoms with Gasteiger partial charge >= 0.3 is 0 Å². The van der Waals surface area contributed by atoms with Crippen LogP contribution in [0.25, 0.3) is 0 Å². The molecular weight excluding hydrogens is 414 g/mol. The minimum atomic E-state index is -0.230. The second kappa shape index (κ2) is 8.19. The number of nitrogens with two attached hydrogens (primary N) is 2. The van der Waals surface area contributed by atoms with E-state index in [2.05, 4.69) is 25.1 Å². The summed E-state index contributed by atoms with van der Waals surface area (Å²) in [5.74, 6) is 0.849. The van der Waals surface area contributed by atoms with E-state index in [4.69, 9.17) is 27.8 Å². The molecule has 2 saturated heterocycles. The fraction of sp³-hybridized carbons (Fsp3) is 0.556. The summed E-state index contributed by atoms with van der Waals surface area (Å²) in [7, 11) is 0. The number of halogens is 1. The van der Waals surface area contributed by atoms with Crippen molar-refractivity contribution in [3.05, 3.63) is 23.0 Å². The van der Waals surface area contributed by atoms with Gasteiger partial charge in [0.05, 0.1) is 24.3 Å². The van der Waals surface area contributed by atoms with Crippen LogP contribution < -0.4 is 16.4 Å². The number of hydrogen-bond donors (Lipinski definition) is 3. The Bertz CT molecular complexity index is 895. The van der Waals surface area contributed by atoms with E-state index >= 15 is 0 Å². The third-order valence-corrected chi connectivity index (χ3v) is 7.28. The average Bonchev–Trinajstić information content (AvgIpc) is 3.01. The maximum Gasteiger partial charge on any atom is 0.214 e. The number of piperidine rings is 1. The van der Waals surface area contributed by atoms with E-state index < -0.39 is 0 Å². The van der Waals surface area contributed by atoms with Crippen LogP contribution in [0.1, 0.15) is 25.5 Å². The van der Waals surface area contributed by atoms with Crippen LogP contribution in [0.15, 0.2) is 22.3 Å². The molecule has 2 aromatic heterocycles. The molecule has 0 saturated carbocycles.